The lowest BCUT2D eigenvalue weighted by Crippen LogP contribution is -2.45. The molecule has 25 heavy (non-hydrogen) atoms. The van der Waals surface area contributed by atoms with Crippen LogP contribution in [0, 0.1) is 17.2 Å². The van der Waals surface area contributed by atoms with Crippen LogP contribution in [0.2, 0.25) is 0 Å². The van der Waals surface area contributed by atoms with Crippen LogP contribution in [0.4, 0.5) is 15.8 Å². The SMILES string of the molecule is C=C1CC2(C1)CC(C(=C)Nc1cc(-c3ccc(F)cc3)ccc1N)C2. The smallest absolute Gasteiger partial charge is 0.123 e. The topological polar surface area (TPSA) is 38.0 Å². The van der Waals surface area contributed by atoms with Crippen molar-refractivity contribution >= 4 is 11.4 Å². The number of nitrogens with one attached hydrogen (secondary N) is 1. The Labute approximate surface area is 148 Å². The van der Waals surface area contributed by atoms with Gasteiger partial charge in [0.1, 0.15) is 5.82 Å². The largest absolute Gasteiger partial charge is 0.397 e. The van der Waals surface area contributed by atoms with E-state index in [0.29, 0.717) is 17.0 Å². The van der Waals surface area contributed by atoms with Gasteiger partial charge in [-0.05, 0) is 72.4 Å². The number of nitrogens with two attached hydrogens (primary N) is 1. The summed E-state index contributed by atoms with van der Waals surface area (Å²) in [5.41, 5.74) is 12.6. The van der Waals surface area contributed by atoms with E-state index in [-0.39, 0.29) is 5.82 Å². The van der Waals surface area contributed by atoms with Crippen molar-refractivity contribution in [3.8, 4) is 11.1 Å². The number of halogens is 1. The third kappa shape index (κ3) is 2.95. The molecule has 2 nitrogen and oxygen atoms in total. The van der Waals surface area contributed by atoms with Crippen molar-refractivity contribution in [3.63, 3.8) is 0 Å². The predicted octanol–water partition coefficient (Wildman–Crippen LogP) is 5.75. The third-order valence-electron chi connectivity index (χ3n) is 5.63. The minimum atomic E-state index is -0.233. The Morgan fingerprint density at radius 1 is 1.08 bits per heavy atom. The van der Waals surface area contributed by atoms with Crippen LogP contribution >= 0.6 is 0 Å². The summed E-state index contributed by atoms with van der Waals surface area (Å²) in [5.74, 6) is 0.269. The van der Waals surface area contributed by atoms with Crippen LogP contribution in [0.25, 0.3) is 11.1 Å². The number of benzene rings is 2. The van der Waals surface area contributed by atoms with E-state index in [1.165, 1.54) is 43.4 Å². The first-order chi connectivity index (χ1) is 11.9. The van der Waals surface area contributed by atoms with Gasteiger partial charge in [0.2, 0.25) is 0 Å². The fourth-order valence-corrected chi connectivity index (χ4v) is 4.29. The van der Waals surface area contributed by atoms with Gasteiger partial charge in [0.25, 0.3) is 0 Å². The number of hydrogen-bond acceptors (Lipinski definition) is 2. The van der Waals surface area contributed by atoms with Crippen molar-refractivity contribution in [1.82, 2.24) is 0 Å². The predicted molar refractivity (Wildman–Crippen MR) is 103 cm³/mol. The lowest BCUT2D eigenvalue weighted by atomic mass is 9.50. The molecular weight excluding hydrogens is 311 g/mol. The molecule has 2 fully saturated rings. The van der Waals surface area contributed by atoms with Crippen LogP contribution in [0.1, 0.15) is 25.7 Å². The van der Waals surface area contributed by atoms with Crippen molar-refractivity contribution in [1.29, 1.82) is 0 Å². The fraction of sp³-hybridized carbons (Fsp3) is 0.273. The first kappa shape index (κ1) is 15.9. The van der Waals surface area contributed by atoms with Crippen LogP contribution in [0.5, 0.6) is 0 Å². The van der Waals surface area contributed by atoms with Crippen LogP contribution < -0.4 is 11.1 Å². The zero-order chi connectivity index (χ0) is 17.6. The molecule has 0 atom stereocenters. The lowest BCUT2D eigenvalue weighted by molar-refractivity contribution is 0.0339. The van der Waals surface area contributed by atoms with E-state index in [1.807, 2.05) is 18.2 Å². The summed E-state index contributed by atoms with van der Waals surface area (Å²) in [6.07, 6.45) is 4.74. The molecule has 0 aliphatic heterocycles. The number of allylic oxidation sites excluding steroid dienone is 2. The molecule has 1 spiro atoms. The molecule has 4 rings (SSSR count). The standard InChI is InChI=1S/C22H23FN2/c1-14-10-22(11-14)12-18(13-22)15(2)25-21-9-17(5-8-20(21)24)16-3-6-19(23)7-4-16/h3-9,18,25H,1-2,10-13,24H2. The normalized spacial score (nSPS) is 18.5. The second-order valence-corrected chi connectivity index (χ2v) is 7.67. The number of anilines is 2. The molecule has 128 valence electrons. The van der Waals surface area contributed by atoms with E-state index in [4.69, 9.17) is 5.73 Å². The second-order valence-electron chi connectivity index (χ2n) is 7.67. The molecule has 0 bridgehead atoms. The quantitative estimate of drug-likeness (QED) is 0.552. The van der Waals surface area contributed by atoms with Gasteiger partial charge in [0.15, 0.2) is 0 Å². The lowest BCUT2D eigenvalue weighted by Gasteiger charge is -2.55. The van der Waals surface area contributed by atoms with Crippen molar-refractivity contribution in [2.75, 3.05) is 11.1 Å². The summed E-state index contributed by atoms with van der Waals surface area (Å²) < 4.78 is 13.1. The Kier molecular flexibility index (Phi) is 3.68. The molecule has 0 radical (unpaired) electrons. The summed E-state index contributed by atoms with van der Waals surface area (Å²) in [6.45, 7) is 8.28. The molecule has 2 saturated carbocycles. The zero-order valence-electron chi connectivity index (χ0n) is 14.3. The molecule has 3 heteroatoms. The van der Waals surface area contributed by atoms with Gasteiger partial charge >= 0.3 is 0 Å². The third-order valence-corrected chi connectivity index (χ3v) is 5.63. The summed E-state index contributed by atoms with van der Waals surface area (Å²) in [7, 11) is 0. The molecule has 0 amide bonds. The average molecular weight is 334 g/mol. The monoisotopic (exact) mass is 334 g/mol. The Hall–Kier alpha value is -2.55. The summed E-state index contributed by atoms with van der Waals surface area (Å²) in [6, 6.07) is 12.3. The minimum absolute atomic E-state index is 0.233. The van der Waals surface area contributed by atoms with E-state index in [9.17, 15) is 4.39 Å². The molecule has 2 aromatic carbocycles. The maximum Gasteiger partial charge on any atom is 0.123 e. The summed E-state index contributed by atoms with van der Waals surface area (Å²) >= 11 is 0. The van der Waals surface area contributed by atoms with Gasteiger partial charge in [-0.15, -0.1) is 0 Å². The van der Waals surface area contributed by atoms with Crippen LogP contribution in [0.3, 0.4) is 0 Å². The number of rotatable bonds is 4. The molecular formula is C22H23FN2. The molecule has 0 unspecified atom stereocenters. The Balaban J connectivity index is 1.47. The summed E-state index contributed by atoms with van der Waals surface area (Å²) in [4.78, 5) is 0. The highest BCUT2D eigenvalue weighted by Crippen LogP contribution is 2.61. The van der Waals surface area contributed by atoms with Gasteiger partial charge in [0, 0.05) is 5.70 Å². The van der Waals surface area contributed by atoms with Crippen molar-refractivity contribution in [3.05, 3.63) is 72.7 Å². The van der Waals surface area contributed by atoms with Crippen LogP contribution in [0.15, 0.2) is 66.9 Å². The highest BCUT2D eigenvalue weighted by molar-refractivity contribution is 5.77. The first-order valence-corrected chi connectivity index (χ1v) is 8.72. The Bertz CT molecular complexity index is 835. The molecule has 2 aliphatic carbocycles. The average Bonchev–Trinajstić information content (AvgIpc) is 2.52. The number of hydrogen-bond donors (Lipinski definition) is 2. The molecule has 0 heterocycles. The van der Waals surface area contributed by atoms with Gasteiger partial charge < -0.3 is 11.1 Å². The summed E-state index contributed by atoms with van der Waals surface area (Å²) in [5, 5.41) is 3.41. The first-order valence-electron chi connectivity index (χ1n) is 8.72. The maximum absolute atomic E-state index is 13.1. The van der Waals surface area contributed by atoms with E-state index in [2.05, 4.69) is 18.5 Å². The van der Waals surface area contributed by atoms with Gasteiger partial charge in [-0.1, -0.05) is 36.9 Å². The highest BCUT2D eigenvalue weighted by atomic mass is 19.1. The van der Waals surface area contributed by atoms with Crippen molar-refractivity contribution < 1.29 is 4.39 Å². The van der Waals surface area contributed by atoms with Crippen molar-refractivity contribution in [2.24, 2.45) is 11.3 Å². The maximum atomic E-state index is 13.1. The fourth-order valence-electron chi connectivity index (χ4n) is 4.29. The van der Waals surface area contributed by atoms with E-state index >= 15 is 0 Å². The number of nitrogen functional groups attached to an aromatic ring is 1. The van der Waals surface area contributed by atoms with Gasteiger partial charge in [0.05, 0.1) is 11.4 Å². The van der Waals surface area contributed by atoms with Crippen molar-refractivity contribution in [2.45, 2.75) is 25.7 Å². The van der Waals surface area contributed by atoms with E-state index in [1.54, 1.807) is 12.1 Å². The minimum Gasteiger partial charge on any atom is -0.397 e. The zero-order valence-corrected chi connectivity index (χ0v) is 14.3. The molecule has 3 N–H and O–H groups in total. The van der Waals surface area contributed by atoms with Crippen LogP contribution in [-0.4, -0.2) is 0 Å². The van der Waals surface area contributed by atoms with Gasteiger partial charge in [-0.25, -0.2) is 4.39 Å². The molecule has 2 aliphatic rings. The molecule has 0 saturated heterocycles. The van der Waals surface area contributed by atoms with Crippen LogP contribution in [-0.2, 0) is 0 Å². The van der Waals surface area contributed by atoms with Gasteiger partial charge in [-0.3, -0.25) is 0 Å². The molecule has 0 aromatic heterocycles. The Morgan fingerprint density at radius 3 is 2.36 bits per heavy atom. The highest BCUT2D eigenvalue weighted by Gasteiger charge is 2.50. The molecule has 2 aromatic rings. The second kappa shape index (κ2) is 5.76. The van der Waals surface area contributed by atoms with Gasteiger partial charge in [-0.2, -0.15) is 0 Å². The van der Waals surface area contributed by atoms with E-state index in [0.717, 1.165) is 22.5 Å². The Morgan fingerprint density at radius 2 is 1.72 bits per heavy atom. The van der Waals surface area contributed by atoms with E-state index < -0.39 is 0 Å².